The van der Waals surface area contributed by atoms with E-state index in [0.717, 1.165) is 64.7 Å². The third-order valence-corrected chi connectivity index (χ3v) is 11.1. The molecule has 0 saturated carbocycles. The lowest BCUT2D eigenvalue weighted by molar-refractivity contribution is 1.08. The Morgan fingerprint density at radius 3 is 1.26 bits per heavy atom. The van der Waals surface area contributed by atoms with Crippen LogP contribution in [-0.2, 0) is 0 Å². The molecule has 0 spiro atoms. The van der Waals surface area contributed by atoms with Crippen LogP contribution in [0.5, 0.6) is 0 Å². The van der Waals surface area contributed by atoms with Gasteiger partial charge in [-0.15, -0.1) is 11.3 Å². The van der Waals surface area contributed by atoms with Crippen LogP contribution < -0.4 is 0 Å². The Labute approximate surface area is 332 Å². The number of thiophene rings is 1. The lowest BCUT2D eigenvalue weighted by atomic mass is 10.0. The molecule has 10 rings (SSSR count). The zero-order chi connectivity index (χ0) is 38.1. The summed E-state index contributed by atoms with van der Waals surface area (Å²) in [5, 5.41) is 11.4. The largest absolute Gasteiger partial charge is 0.208 e. The third kappa shape index (κ3) is 6.48. The van der Waals surface area contributed by atoms with Gasteiger partial charge < -0.3 is 0 Å². The molecule has 0 saturated heterocycles. The van der Waals surface area contributed by atoms with E-state index in [2.05, 4.69) is 54.6 Å². The van der Waals surface area contributed by atoms with Gasteiger partial charge in [0.25, 0.3) is 0 Å². The minimum absolute atomic E-state index is 0.578. The zero-order valence-electron chi connectivity index (χ0n) is 30.3. The fourth-order valence-electron chi connectivity index (χ4n) is 7.03. The molecule has 7 nitrogen and oxygen atoms in total. The Hall–Kier alpha value is -7.73. The minimum atomic E-state index is 0.578. The second-order valence-corrected chi connectivity index (χ2v) is 14.5. The molecule has 266 valence electrons. The first-order chi connectivity index (χ1) is 28.2. The molecule has 0 atom stereocenters. The van der Waals surface area contributed by atoms with Gasteiger partial charge in [0.1, 0.15) is 0 Å². The second-order valence-electron chi connectivity index (χ2n) is 13.4. The molecule has 0 radical (unpaired) electrons. The monoisotopic (exact) mass is 747 g/mol. The van der Waals surface area contributed by atoms with Gasteiger partial charge in [0.2, 0.25) is 0 Å². The second kappa shape index (κ2) is 14.5. The summed E-state index contributed by atoms with van der Waals surface area (Å²) in [5.74, 6) is 3.61. The Bertz CT molecular complexity index is 3050. The van der Waals surface area contributed by atoms with Crippen LogP contribution in [-0.4, -0.2) is 29.9 Å². The zero-order valence-corrected chi connectivity index (χ0v) is 31.1. The fraction of sp³-hybridized carbons (Fsp3) is 0. The molecular formula is C49H29N7S. The summed E-state index contributed by atoms with van der Waals surface area (Å²) in [5.41, 5.74) is 8.16. The van der Waals surface area contributed by atoms with Crippen LogP contribution in [0.1, 0.15) is 5.56 Å². The van der Waals surface area contributed by atoms with Crippen molar-refractivity contribution in [2.75, 3.05) is 0 Å². The average molecular weight is 748 g/mol. The van der Waals surface area contributed by atoms with Gasteiger partial charge in [-0.2, -0.15) is 5.26 Å². The first-order valence-electron chi connectivity index (χ1n) is 18.4. The van der Waals surface area contributed by atoms with E-state index in [1.165, 1.54) is 0 Å². The van der Waals surface area contributed by atoms with E-state index in [0.29, 0.717) is 40.5 Å². The molecule has 0 bridgehead atoms. The standard InChI is InChI=1S/C49H29N7S/c50-30-31-22-24-32(25-23-31)33-26-28-37(29-27-33)47-52-44(34-12-4-1-5-13-34)53-48(54-47)39-19-11-21-41-42(39)38-18-10-20-40(43(38)57-41)49-55-45(35-14-6-2-7-15-35)51-46(56-49)36-16-8-3-9-17-36/h1-29H. The van der Waals surface area contributed by atoms with Gasteiger partial charge in [-0.25, -0.2) is 29.9 Å². The molecule has 0 aliphatic heterocycles. The highest BCUT2D eigenvalue weighted by atomic mass is 32.1. The topological polar surface area (TPSA) is 101 Å². The van der Waals surface area contributed by atoms with Crippen LogP contribution in [0.25, 0.3) is 99.6 Å². The summed E-state index contributed by atoms with van der Waals surface area (Å²) in [7, 11) is 0. The molecule has 0 aliphatic carbocycles. The summed E-state index contributed by atoms with van der Waals surface area (Å²) in [6.07, 6.45) is 0. The Morgan fingerprint density at radius 2 is 0.754 bits per heavy atom. The van der Waals surface area contributed by atoms with E-state index < -0.39 is 0 Å². The van der Waals surface area contributed by atoms with E-state index in [4.69, 9.17) is 29.9 Å². The lowest BCUT2D eigenvalue weighted by Gasteiger charge is -2.10. The predicted octanol–water partition coefficient (Wildman–Crippen LogP) is 12.0. The van der Waals surface area contributed by atoms with Crippen LogP contribution >= 0.6 is 11.3 Å². The number of aromatic nitrogens is 6. The highest BCUT2D eigenvalue weighted by Gasteiger charge is 2.20. The molecule has 3 aromatic heterocycles. The molecule has 10 aromatic rings. The van der Waals surface area contributed by atoms with E-state index in [1.807, 2.05) is 127 Å². The molecule has 0 fully saturated rings. The minimum Gasteiger partial charge on any atom is -0.208 e. The highest BCUT2D eigenvalue weighted by molar-refractivity contribution is 7.26. The fourth-order valence-corrected chi connectivity index (χ4v) is 8.27. The molecule has 0 unspecified atom stereocenters. The Morgan fingerprint density at radius 1 is 0.351 bits per heavy atom. The maximum atomic E-state index is 9.24. The van der Waals surface area contributed by atoms with Crippen molar-refractivity contribution in [1.82, 2.24) is 29.9 Å². The van der Waals surface area contributed by atoms with E-state index in [9.17, 15) is 5.26 Å². The number of fused-ring (bicyclic) bond motifs is 3. The number of benzene rings is 7. The summed E-state index contributed by atoms with van der Waals surface area (Å²) in [6.45, 7) is 0. The van der Waals surface area contributed by atoms with Gasteiger partial charge in [-0.1, -0.05) is 152 Å². The maximum absolute atomic E-state index is 9.24. The van der Waals surface area contributed by atoms with E-state index in [1.54, 1.807) is 11.3 Å². The molecule has 7 aromatic carbocycles. The first kappa shape index (κ1) is 33.8. The molecule has 0 N–H and O–H groups in total. The number of hydrogen-bond donors (Lipinski definition) is 0. The van der Waals surface area contributed by atoms with Crippen LogP contribution in [0.2, 0.25) is 0 Å². The maximum Gasteiger partial charge on any atom is 0.165 e. The van der Waals surface area contributed by atoms with Gasteiger partial charge in [-0.05, 0) is 35.4 Å². The summed E-state index contributed by atoms with van der Waals surface area (Å²) in [6, 6.07) is 60.7. The first-order valence-corrected chi connectivity index (χ1v) is 19.2. The van der Waals surface area contributed by atoms with Crippen molar-refractivity contribution in [1.29, 1.82) is 5.26 Å². The summed E-state index contributed by atoms with van der Waals surface area (Å²) < 4.78 is 2.17. The van der Waals surface area contributed by atoms with Crippen molar-refractivity contribution < 1.29 is 0 Å². The molecule has 8 heteroatoms. The Balaban J connectivity index is 1.13. The predicted molar refractivity (Wildman–Crippen MR) is 229 cm³/mol. The number of hydrogen-bond acceptors (Lipinski definition) is 8. The van der Waals surface area contributed by atoms with E-state index >= 15 is 0 Å². The average Bonchev–Trinajstić information content (AvgIpc) is 3.69. The summed E-state index contributed by atoms with van der Waals surface area (Å²) in [4.78, 5) is 30.3. The van der Waals surface area contributed by atoms with Gasteiger partial charge in [-0.3, -0.25) is 0 Å². The molecule has 57 heavy (non-hydrogen) atoms. The SMILES string of the molecule is N#Cc1ccc(-c2ccc(-c3nc(-c4ccccc4)nc(-c4cccc5sc6c(-c7nc(-c8ccccc8)nc(-c8ccccc8)n7)cccc6c45)n3)cc2)cc1. The van der Waals surface area contributed by atoms with Crippen LogP contribution in [0.4, 0.5) is 0 Å². The summed E-state index contributed by atoms with van der Waals surface area (Å²) >= 11 is 1.71. The highest BCUT2D eigenvalue weighted by Crippen LogP contribution is 2.43. The van der Waals surface area contributed by atoms with Crippen molar-refractivity contribution >= 4 is 31.5 Å². The molecular weight excluding hydrogens is 719 g/mol. The van der Waals surface area contributed by atoms with Crippen molar-refractivity contribution in [3.8, 4) is 85.5 Å². The smallest absolute Gasteiger partial charge is 0.165 e. The van der Waals surface area contributed by atoms with Gasteiger partial charge in [0, 0.05) is 53.6 Å². The third-order valence-electron chi connectivity index (χ3n) is 9.86. The van der Waals surface area contributed by atoms with Crippen molar-refractivity contribution in [3.63, 3.8) is 0 Å². The van der Waals surface area contributed by atoms with Crippen LogP contribution in [0.3, 0.4) is 0 Å². The van der Waals surface area contributed by atoms with Gasteiger partial charge >= 0.3 is 0 Å². The number of rotatable bonds is 7. The molecule has 0 aliphatic rings. The van der Waals surface area contributed by atoms with Crippen molar-refractivity contribution in [3.05, 3.63) is 181 Å². The van der Waals surface area contributed by atoms with Crippen molar-refractivity contribution in [2.45, 2.75) is 0 Å². The van der Waals surface area contributed by atoms with Gasteiger partial charge in [0.15, 0.2) is 34.9 Å². The van der Waals surface area contributed by atoms with Crippen LogP contribution in [0.15, 0.2) is 176 Å². The number of nitriles is 1. The van der Waals surface area contributed by atoms with E-state index in [-0.39, 0.29) is 0 Å². The molecule has 3 heterocycles. The quantitative estimate of drug-likeness (QED) is 0.160. The number of nitrogens with zero attached hydrogens (tertiary/aromatic N) is 7. The van der Waals surface area contributed by atoms with Crippen LogP contribution in [0, 0.1) is 11.3 Å². The van der Waals surface area contributed by atoms with Crippen molar-refractivity contribution in [2.24, 2.45) is 0 Å². The van der Waals surface area contributed by atoms with Gasteiger partial charge in [0.05, 0.1) is 11.6 Å². The normalized spacial score (nSPS) is 11.1. The Kier molecular flexibility index (Phi) is 8.60. The molecule has 0 amide bonds. The lowest BCUT2D eigenvalue weighted by Crippen LogP contribution is -2.00.